The number of nitrogens with zero attached hydrogens (tertiary/aromatic N) is 4. The van der Waals surface area contributed by atoms with Crippen LogP contribution in [0.4, 0.5) is 19.0 Å². The molecule has 3 aromatic rings. The minimum atomic E-state index is -4.39. The van der Waals surface area contributed by atoms with E-state index in [9.17, 15) is 18.0 Å². The number of para-hydroxylation sites is 2. The average molecular weight is 431 g/mol. The topological polar surface area (TPSA) is 63.1 Å². The molecule has 1 aliphatic rings. The Labute approximate surface area is 178 Å². The summed E-state index contributed by atoms with van der Waals surface area (Å²) in [5.74, 6) is 1.33. The normalized spacial score (nSPS) is 15.4. The van der Waals surface area contributed by atoms with E-state index in [1.165, 1.54) is 6.07 Å². The first-order valence-corrected chi connectivity index (χ1v) is 10.3. The van der Waals surface area contributed by atoms with Gasteiger partial charge in [-0.25, -0.2) is 9.97 Å². The molecule has 2 aromatic heterocycles. The summed E-state index contributed by atoms with van der Waals surface area (Å²) in [4.78, 5) is 23.0. The van der Waals surface area contributed by atoms with Crippen molar-refractivity contribution >= 4 is 22.8 Å². The number of amides is 1. The number of nitrogens with one attached hydrogen (secondary N) is 1. The van der Waals surface area contributed by atoms with E-state index < -0.39 is 11.7 Å². The van der Waals surface area contributed by atoms with Crippen LogP contribution in [0.2, 0.25) is 0 Å². The van der Waals surface area contributed by atoms with Crippen LogP contribution in [0.5, 0.6) is 0 Å². The molecule has 4 rings (SSSR count). The monoisotopic (exact) mass is 431 g/mol. The van der Waals surface area contributed by atoms with Crippen molar-refractivity contribution in [1.29, 1.82) is 0 Å². The molecule has 0 spiro atoms. The first kappa shape index (κ1) is 21.1. The lowest BCUT2D eigenvalue weighted by molar-refractivity contribution is -0.137. The van der Waals surface area contributed by atoms with Gasteiger partial charge in [-0.3, -0.25) is 4.79 Å². The van der Waals surface area contributed by atoms with Crippen molar-refractivity contribution < 1.29 is 18.0 Å². The Balaban J connectivity index is 1.27. The number of halogens is 3. The molecule has 1 aromatic carbocycles. The largest absolute Gasteiger partial charge is 0.417 e. The van der Waals surface area contributed by atoms with Crippen LogP contribution < -0.4 is 10.2 Å². The molecule has 1 N–H and O–H groups in total. The van der Waals surface area contributed by atoms with E-state index in [0.717, 1.165) is 29.1 Å². The van der Waals surface area contributed by atoms with Gasteiger partial charge in [0, 0.05) is 38.3 Å². The molecule has 0 radical (unpaired) electrons. The van der Waals surface area contributed by atoms with Gasteiger partial charge in [0.2, 0.25) is 5.91 Å². The second kappa shape index (κ2) is 8.56. The molecule has 0 bridgehead atoms. The Hall–Kier alpha value is -3.10. The summed E-state index contributed by atoms with van der Waals surface area (Å²) < 4.78 is 40.2. The summed E-state index contributed by atoms with van der Waals surface area (Å²) in [5.41, 5.74) is 1.23. The van der Waals surface area contributed by atoms with Crippen molar-refractivity contribution in [3.63, 3.8) is 0 Å². The number of anilines is 1. The summed E-state index contributed by atoms with van der Waals surface area (Å²) in [5, 5.41) is 3.01. The molecule has 1 aliphatic heterocycles. The van der Waals surface area contributed by atoms with Crippen LogP contribution in [-0.4, -0.2) is 40.1 Å². The summed E-state index contributed by atoms with van der Waals surface area (Å²) >= 11 is 0. The molecule has 1 fully saturated rings. The van der Waals surface area contributed by atoms with E-state index in [2.05, 4.69) is 19.9 Å². The molecule has 3 heterocycles. The van der Waals surface area contributed by atoms with Gasteiger partial charge in [-0.2, -0.15) is 13.2 Å². The highest BCUT2D eigenvalue weighted by Gasteiger charge is 2.31. The predicted octanol–water partition coefficient (Wildman–Crippen LogP) is 3.79. The van der Waals surface area contributed by atoms with Crippen LogP contribution in [0.25, 0.3) is 11.0 Å². The number of aryl methyl sites for hydroxylation is 1. The molecule has 6 nitrogen and oxygen atoms in total. The fourth-order valence-electron chi connectivity index (χ4n) is 4.03. The molecule has 1 saturated heterocycles. The number of piperidine rings is 1. The van der Waals surface area contributed by atoms with Gasteiger partial charge in [-0.05, 0) is 44.0 Å². The minimum Gasteiger partial charge on any atom is -0.357 e. The fraction of sp³-hybridized carbons (Fsp3) is 0.409. The maximum absolute atomic E-state index is 12.7. The number of hydrogen-bond donors (Lipinski definition) is 1. The van der Waals surface area contributed by atoms with Crippen LogP contribution >= 0.6 is 0 Å². The molecular formula is C22H24F3N5O. The minimum absolute atomic E-state index is 0.0158. The van der Waals surface area contributed by atoms with Gasteiger partial charge in [0.25, 0.3) is 0 Å². The number of imidazole rings is 1. The summed E-state index contributed by atoms with van der Waals surface area (Å²) in [7, 11) is 0. The van der Waals surface area contributed by atoms with Crippen LogP contribution in [-0.2, 0) is 17.5 Å². The van der Waals surface area contributed by atoms with E-state index in [-0.39, 0.29) is 11.8 Å². The fourth-order valence-corrected chi connectivity index (χ4v) is 4.03. The van der Waals surface area contributed by atoms with Gasteiger partial charge in [-0.15, -0.1) is 0 Å². The number of carbonyl (C=O) groups excluding carboxylic acids is 1. The standard InChI is InChI=1S/C22H24F3N5O/c1-15-28-18-4-2-3-5-19(18)30(15)13-10-26-21(31)16-8-11-29(12-9-16)20-7-6-17(14-27-20)22(23,24)25/h2-7,14,16H,8-13H2,1H3,(H,26,31). The number of alkyl halides is 3. The van der Waals surface area contributed by atoms with Crippen molar-refractivity contribution in [3.8, 4) is 0 Å². The average Bonchev–Trinajstić information content (AvgIpc) is 3.08. The number of fused-ring (bicyclic) bond motifs is 1. The molecule has 0 atom stereocenters. The first-order chi connectivity index (χ1) is 14.8. The number of carbonyl (C=O) groups is 1. The van der Waals surface area contributed by atoms with Gasteiger partial charge in [-0.1, -0.05) is 12.1 Å². The highest BCUT2D eigenvalue weighted by atomic mass is 19.4. The van der Waals surface area contributed by atoms with E-state index in [1.54, 1.807) is 0 Å². The molecule has 0 saturated carbocycles. The smallest absolute Gasteiger partial charge is 0.357 e. The van der Waals surface area contributed by atoms with Gasteiger partial charge >= 0.3 is 6.18 Å². The Morgan fingerprint density at radius 3 is 2.58 bits per heavy atom. The Bertz CT molecular complexity index is 1050. The van der Waals surface area contributed by atoms with Gasteiger partial charge in [0.15, 0.2) is 0 Å². The first-order valence-electron chi connectivity index (χ1n) is 10.3. The van der Waals surface area contributed by atoms with E-state index in [0.29, 0.717) is 44.8 Å². The molecule has 0 unspecified atom stereocenters. The van der Waals surface area contributed by atoms with Gasteiger partial charge in [0.1, 0.15) is 11.6 Å². The van der Waals surface area contributed by atoms with Gasteiger partial charge in [0.05, 0.1) is 16.6 Å². The van der Waals surface area contributed by atoms with Crippen LogP contribution in [0.1, 0.15) is 24.2 Å². The number of aromatic nitrogens is 3. The Kier molecular flexibility index (Phi) is 5.84. The Morgan fingerprint density at radius 1 is 1.16 bits per heavy atom. The number of benzene rings is 1. The second-order valence-electron chi connectivity index (χ2n) is 7.75. The van der Waals surface area contributed by atoms with E-state index in [4.69, 9.17) is 0 Å². The van der Waals surface area contributed by atoms with Crippen LogP contribution in [0.3, 0.4) is 0 Å². The van der Waals surface area contributed by atoms with Crippen molar-refractivity contribution in [2.75, 3.05) is 24.5 Å². The third-order valence-electron chi connectivity index (χ3n) is 5.74. The van der Waals surface area contributed by atoms with E-state index >= 15 is 0 Å². The molecule has 0 aliphatic carbocycles. The zero-order valence-corrected chi connectivity index (χ0v) is 17.2. The zero-order valence-electron chi connectivity index (χ0n) is 17.2. The molecule has 31 heavy (non-hydrogen) atoms. The summed E-state index contributed by atoms with van der Waals surface area (Å²) in [6, 6.07) is 10.3. The van der Waals surface area contributed by atoms with Crippen molar-refractivity contribution in [2.24, 2.45) is 5.92 Å². The molecule has 9 heteroatoms. The highest BCUT2D eigenvalue weighted by Crippen LogP contribution is 2.30. The maximum atomic E-state index is 12.7. The number of rotatable bonds is 5. The molecule has 1 amide bonds. The number of hydrogen-bond acceptors (Lipinski definition) is 4. The lowest BCUT2D eigenvalue weighted by Gasteiger charge is -2.32. The third-order valence-corrected chi connectivity index (χ3v) is 5.74. The lowest BCUT2D eigenvalue weighted by Crippen LogP contribution is -2.41. The summed E-state index contributed by atoms with van der Waals surface area (Å²) in [6.07, 6.45) is -2.25. The molecular weight excluding hydrogens is 407 g/mol. The summed E-state index contributed by atoms with van der Waals surface area (Å²) in [6.45, 7) is 4.28. The van der Waals surface area contributed by atoms with Crippen LogP contribution in [0, 0.1) is 12.8 Å². The SMILES string of the molecule is Cc1nc2ccccc2n1CCNC(=O)C1CCN(c2ccc(C(F)(F)F)cn2)CC1. The lowest BCUT2D eigenvalue weighted by atomic mass is 9.96. The third kappa shape index (κ3) is 4.65. The Morgan fingerprint density at radius 2 is 1.90 bits per heavy atom. The van der Waals surface area contributed by atoms with Crippen molar-refractivity contribution in [1.82, 2.24) is 19.9 Å². The second-order valence-corrected chi connectivity index (χ2v) is 7.75. The zero-order chi connectivity index (χ0) is 22.0. The maximum Gasteiger partial charge on any atom is 0.417 e. The molecule has 164 valence electrons. The highest BCUT2D eigenvalue weighted by molar-refractivity contribution is 5.79. The van der Waals surface area contributed by atoms with Crippen molar-refractivity contribution in [2.45, 2.75) is 32.5 Å². The van der Waals surface area contributed by atoms with Crippen LogP contribution in [0.15, 0.2) is 42.6 Å². The number of pyridine rings is 1. The van der Waals surface area contributed by atoms with Gasteiger partial charge < -0.3 is 14.8 Å². The quantitative estimate of drug-likeness (QED) is 0.668. The van der Waals surface area contributed by atoms with E-state index in [1.807, 2.05) is 36.1 Å². The van der Waals surface area contributed by atoms with Crippen molar-refractivity contribution in [3.05, 3.63) is 54.0 Å². The predicted molar refractivity (Wildman–Crippen MR) is 112 cm³/mol.